The largest absolute Gasteiger partial charge is 0.322 e. The highest BCUT2D eigenvalue weighted by Crippen LogP contribution is 2.20. The van der Waals surface area contributed by atoms with E-state index in [0.29, 0.717) is 33.6 Å². The zero-order valence-electron chi connectivity index (χ0n) is 17.2. The lowest BCUT2D eigenvalue weighted by atomic mass is 10.0. The van der Waals surface area contributed by atoms with Gasteiger partial charge in [0, 0.05) is 27.8 Å². The first kappa shape index (κ1) is 20.0. The van der Waals surface area contributed by atoms with Crippen molar-refractivity contribution in [2.75, 3.05) is 5.32 Å². The molecule has 1 amide bonds. The Morgan fingerprint density at radius 3 is 2.45 bits per heavy atom. The van der Waals surface area contributed by atoms with E-state index in [2.05, 4.69) is 30.8 Å². The Morgan fingerprint density at radius 2 is 1.64 bits per heavy atom. The highest BCUT2D eigenvalue weighted by molar-refractivity contribution is 6.12. The summed E-state index contributed by atoms with van der Waals surface area (Å²) in [5.41, 5.74) is 3.39. The van der Waals surface area contributed by atoms with E-state index in [0.717, 1.165) is 5.39 Å². The van der Waals surface area contributed by atoms with Crippen LogP contribution in [0.15, 0.2) is 90.6 Å². The Balaban J connectivity index is 1.36. The highest BCUT2D eigenvalue weighted by atomic mass is 16.1. The molecule has 160 valence electrons. The third-order valence-corrected chi connectivity index (χ3v) is 4.99. The molecule has 0 unspecified atom stereocenters. The predicted octanol–water partition coefficient (Wildman–Crippen LogP) is 3.52. The minimum atomic E-state index is -0.236. The molecule has 2 aromatic heterocycles. The zero-order chi connectivity index (χ0) is 22.6. The number of nitrogens with zero attached hydrogens (tertiary/aromatic N) is 5. The van der Waals surface area contributed by atoms with Crippen molar-refractivity contribution in [1.29, 1.82) is 0 Å². The van der Waals surface area contributed by atoms with Crippen LogP contribution in [0.2, 0.25) is 0 Å². The summed E-state index contributed by atoms with van der Waals surface area (Å²) in [6, 6.07) is 21.1. The number of hydrogen-bond donors (Lipinski definition) is 2. The first-order valence-electron chi connectivity index (χ1n) is 10.1. The summed E-state index contributed by atoms with van der Waals surface area (Å²) in [5, 5.41) is 22.4. The van der Waals surface area contributed by atoms with Crippen molar-refractivity contribution in [3.05, 3.63) is 108 Å². The fourth-order valence-electron chi connectivity index (χ4n) is 3.35. The Labute approximate surface area is 187 Å². The molecule has 5 aromatic rings. The van der Waals surface area contributed by atoms with Gasteiger partial charge in [0.15, 0.2) is 5.78 Å². The van der Waals surface area contributed by atoms with Gasteiger partial charge in [0.1, 0.15) is 18.3 Å². The molecule has 0 aliphatic carbocycles. The van der Waals surface area contributed by atoms with Gasteiger partial charge in [-0.1, -0.05) is 36.4 Å². The van der Waals surface area contributed by atoms with Crippen molar-refractivity contribution in [3.8, 4) is 0 Å². The molecular weight excluding hydrogens is 418 g/mol. The molecule has 0 radical (unpaired) electrons. The summed E-state index contributed by atoms with van der Waals surface area (Å²) in [5.74, 6) is -0.401. The number of aromatic amines is 1. The number of rotatable bonds is 6. The summed E-state index contributed by atoms with van der Waals surface area (Å²) in [6.07, 6.45) is 4.53. The number of carbonyl (C=O) groups is 2. The molecule has 0 saturated carbocycles. The van der Waals surface area contributed by atoms with E-state index in [4.69, 9.17) is 0 Å². The molecule has 0 atom stereocenters. The Bertz CT molecular complexity index is 1470. The van der Waals surface area contributed by atoms with Crippen LogP contribution in [0.5, 0.6) is 0 Å². The second kappa shape index (κ2) is 8.67. The molecule has 0 spiro atoms. The summed E-state index contributed by atoms with van der Waals surface area (Å²) >= 11 is 0. The molecule has 0 aliphatic rings. The number of benzene rings is 3. The number of carbonyl (C=O) groups excluding carboxylic acids is 2. The minimum Gasteiger partial charge on any atom is -0.322 e. The smallest absolute Gasteiger partial charge is 0.255 e. The van der Waals surface area contributed by atoms with Gasteiger partial charge in [-0.15, -0.1) is 10.2 Å². The summed E-state index contributed by atoms with van der Waals surface area (Å²) in [7, 11) is 0. The van der Waals surface area contributed by atoms with Crippen molar-refractivity contribution in [2.24, 2.45) is 5.10 Å². The Kier molecular flexibility index (Phi) is 5.26. The maximum Gasteiger partial charge on any atom is 0.255 e. The van der Waals surface area contributed by atoms with Gasteiger partial charge in [-0.05, 0) is 36.4 Å². The molecular formula is C24H17N7O2. The average molecular weight is 435 g/mol. The molecule has 5 rings (SSSR count). The lowest BCUT2D eigenvalue weighted by molar-refractivity contribution is 0.102. The van der Waals surface area contributed by atoms with Gasteiger partial charge in [0.25, 0.3) is 5.91 Å². The monoisotopic (exact) mass is 435 g/mol. The molecule has 2 N–H and O–H groups in total. The van der Waals surface area contributed by atoms with Crippen LogP contribution < -0.4 is 5.32 Å². The van der Waals surface area contributed by atoms with Gasteiger partial charge in [-0.25, -0.2) is 4.68 Å². The topological polar surface area (TPSA) is 118 Å². The summed E-state index contributed by atoms with van der Waals surface area (Å²) in [6.45, 7) is 0. The van der Waals surface area contributed by atoms with E-state index >= 15 is 0 Å². The molecule has 9 nitrogen and oxygen atoms in total. The number of anilines is 1. The molecule has 0 saturated heterocycles. The first-order valence-corrected chi connectivity index (χ1v) is 10.1. The minimum absolute atomic E-state index is 0.165. The molecule has 0 fully saturated rings. The molecule has 33 heavy (non-hydrogen) atoms. The van der Waals surface area contributed by atoms with E-state index in [1.54, 1.807) is 66.9 Å². The predicted molar refractivity (Wildman–Crippen MR) is 123 cm³/mol. The Morgan fingerprint density at radius 1 is 0.879 bits per heavy atom. The van der Waals surface area contributed by atoms with E-state index in [-0.39, 0.29) is 11.7 Å². The van der Waals surface area contributed by atoms with Gasteiger partial charge in [-0.2, -0.15) is 10.2 Å². The lowest BCUT2D eigenvalue weighted by Crippen LogP contribution is -2.12. The number of amides is 1. The van der Waals surface area contributed by atoms with Crippen LogP contribution in [0.1, 0.15) is 32.0 Å². The number of ketones is 1. The van der Waals surface area contributed by atoms with Gasteiger partial charge >= 0.3 is 0 Å². The molecule has 2 heterocycles. The third-order valence-electron chi connectivity index (χ3n) is 4.99. The van der Waals surface area contributed by atoms with Gasteiger partial charge in [-0.3, -0.25) is 14.7 Å². The number of nitrogens with one attached hydrogen (secondary N) is 2. The molecule has 3 aromatic carbocycles. The lowest BCUT2D eigenvalue weighted by Gasteiger charge is -2.07. The van der Waals surface area contributed by atoms with Crippen LogP contribution in [0.4, 0.5) is 5.69 Å². The van der Waals surface area contributed by atoms with Crippen LogP contribution in [-0.4, -0.2) is 43.0 Å². The fourth-order valence-corrected chi connectivity index (χ4v) is 3.35. The summed E-state index contributed by atoms with van der Waals surface area (Å²) in [4.78, 5) is 25.5. The van der Waals surface area contributed by atoms with E-state index in [1.165, 1.54) is 17.3 Å². The number of hydrogen-bond acceptors (Lipinski definition) is 6. The molecule has 0 aliphatic heterocycles. The first-order chi connectivity index (χ1) is 16.2. The zero-order valence-corrected chi connectivity index (χ0v) is 17.2. The van der Waals surface area contributed by atoms with E-state index in [1.807, 2.05) is 12.1 Å². The number of H-pyrrole nitrogens is 1. The molecule has 0 bridgehead atoms. The van der Waals surface area contributed by atoms with Crippen LogP contribution >= 0.6 is 0 Å². The Hall–Kier alpha value is -4.92. The van der Waals surface area contributed by atoms with Crippen LogP contribution in [0, 0.1) is 0 Å². The van der Waals surface area contributed by atoms with Crippen molar-refractivity contribution in [3.63, 3.8) is 0 Å². The third kappa shape index (κ3) is 4.28. The summed E-state index contributed by atoms with van der Waals surface area (Å²) < 4.78 is 1.46. The average Bonchev–Trinajstić information content (AvgIpc) is 3.52. The van der Waals surface area contributed by atoms with Gasteiger partial charge in [0.2, 0.25) is 0 Å². The van der Waals surface area contributed by atoms with E-state index in [9.17, 15) is 9.59 Å². The number of fused-ring (bicyclic) bond motifs is 1. The number of aromatic nitrogens is 5. The fraction of sp³-hybridized carbons (Fsp3) is 0. The normalized spacial score (nSPS) is 11.2. The second-order valence-electron chi connectivity index (χ2n) is 7.19. The van der Waals surface area contributed by atoms with Crippen LogP contribution in [-0.2, 0) is 0 Å². The SMILES string of the molecule is O=C(Nc1cccc(C(=O)c2ccc3c(/C=N/n4cnnc4)n[nH]c3c2)c1)c1ccccc1. The van der Waals surface area contributed by atoms with Crippen molar-refractivity contribution < 1.29 is 9.59 Å². The standard InChI is InChI=1S/C24H17N7O2/c32-23(17-7-4-8-19(11-17)28-24(33)16-5-2-1-3-6-16)18-9-10-20-21(12-18)29-30-22(20)13-27-31-14-25-26-15-31/h1-15H,(H,28,33)(H,29,30)/b27-13+. The van der Waals surface area contributed by atoms with Crippen LogP contribution in [0.25, 0.3) is 10.9 Å². The quantitative estimate of drug-likeness (QED) is 0.313. The maximum absolute atomic E-state index is 13.1. The molecule has 9 heteroatoms. The van der Waals surface area contributed by atoms with Crippen molar-refractivity contribution in [2.45, 2.75) is 0 Å². The van der Waals surface area contributed by atoms with Crippen molar-refractivity contribution in [1.82, 2.24) is 25.1 Å². The second-order valence-corrected chi connectivity index (χ2v) is 7.19. The van der Waals surface area contributed by atoms with E-state index < -0.39 is 0 Å². The highest BCUT2D eigenvalue weighted by Gasteiger charge is 2.13. The van der Waals surface area contributed by atoms with Gasteiger partial charge < -0.3 is 5.32 Å². The van der Waals surface area contributed by atoms with Crippen LogP contribution in [0.3, 0.4) is 0 Å². The maximum atomic E-state index is 13.1. The van der Waals surface area contributed by atoms with Crippen molar-refractivity contribution >= 4 is 34.5 Å². The van der Waals surface area contributed by atoms with Gasteiger partial charge in [0.05, 0.1) is 11.7 Å².